The van der Waals surface area contributed by atoms with E-state index in [0.29, 0.717) is 18.4 Å². The Morgan fingerprint density at radius 2 is 1.66 bits per heavy atom. The summed E-state index contributed by atoms with van der Waals surface area (Å²) >= 11 is 0. The Morgan fingerprint density at radius 1 is 0.943 bits per heavy atom. The number of pyridine rings is 1. The number of benzene rings is 3. The number of halogens is 1. The molecule has 0 aliphatic heterocycles. The van der Waals surface area contributed by atoms with Gasteiger partial charge in [0.15, 0.2) is 0 Å². The average molecular weight is 469 g/mol. The number of rotatable bonds is 6. The zero-order valence-corrected chi connectivity index (χ0v) is 19.6. The number of methoxy groups -OCH3 is 1. The van der Waals surface area contributed by atoms with Gasteiger partial charge in [0.2, 0.25) is 0 Å². The molecule has 0 unspecified atom stereocenters. The van der Waals surface area contributed by atoms with Crippen LogP contribution in [0.25, 0.3) is 21.7 Å². The highest BCUT2D eigenvalue weighted by Gasteiger charge is 2.19. The van der Waals surface area contributed by atoms with Crippen molar-refractivity contribution in [2.24, 2.45) is 0 Å². The van der Waals surface area contributed by atoms with Gasteiger partial charge in [0, 0.05) is 34.6 Å². The Hall–Kier alpha value is -4.19. The summed E-state index contributed by atoms with van der Waals surface area (Å²) in [5.41, 5.74) is 4.49. The highest BCUT2D eigenvalue weighted by atomic mass is 19.1. The van der Waals surface area contributed by atoms with Gasteiger partial charge in [-0.2, -0.15) is 0 Å². The van der Waals surface area contributed by atoms with Crippen molar-refractivity contribution in [3.8, 4) is 0 Å². The quantitative estimate of drug-likeness (QED) is 0.321. The van der Waals surface area contributed by atoms with Gasteiger partial charge in [0.05, 0.1) is 13.7 Å². The number of hydrogen-bond acceptors (Lipinski definition) is 3. The third kappa shape index (κ3) is 4.23. The molecule has 6 heteroatoms. The number of fused-ring (bicyclic) bond motifs is 2. The van der Waals surface area contributed by atoms with Crippen molar-refractivity contribution >= 4 is 27.6 Å². The fourth-order valence-electron chi connectivity index (χ4n) is 4.79. The fourth-order valence-corrected chi connectivity index (χ4v) is 4.79. The van der Waals surface area contributed by atoms with Crippen LogP contribution < -0.4 is 5.56 Å². The van der Waals surface area contributed by atoms with Crippen LogP contribution in [0, 0.1) is 12.7 Å². The molecule has 5 nitrogen and oxygen atoms in total. The predicted octanol–water partition coefficient (Wildman–Crippen LogP) is 5.22. The number of aromatic nitrogens is 2. The Kier molecular flexibility index (Phi) is 5.95. The van der Waals surface area contributed by atoms with E-state index in [0.717, 1.165) is 38.7 Å². The van der Waals surface area contributed by atoms with Crippen molar-refractivity contribution in [2.75, 3.05) is 7.11 Å². The van der Waals surface area contributed by atoms with Crippen LogP contribution in [0.2, 0.25) is 0 Å². The summed E-state index contributed by atoms with van der Waals surface area (Å²) in [7, 11) is 1.35. The largest absolute Gasteiger partial charge is 0.468 e. The van der Waals surface area contributed by atoms with Crippen LogP contribution in [0.1, 0.15) is 22.4 Å². The summed E-state index contributed by atoms with van der Waals surface area (Å²) in [5, 5.41) is 2.26. The SMILES string of the molecule is COC(=O)Cn1c(C)c(Cc2cn(Cc3ccccc3)c(=O)c3ccccc23)c2cc(F)ccc21. The number of carbonyl (C=O) groups excluding carboxylic acids is 1. The molecule has 5 aromatic rings. The lowest BCUT2D eigenvalue weighted by atomic mass is 9.98. The molecule has 3 aromatic carbocycles. The third-order valence-corrected chi connectivity index (χ3v) is 6.57. The summed E-state index contributed by atoms with van der Waals surface area (Å²) in [5.74, 6) is -0.712. The topological polar surface area (TPSA) is 53.2 Å². The Labute approximate surface area is 202 Å². The highest BCUT2D eigenvalue weighted by molar-refractivity contribution is 5.89. The molecule has 0 aliphatic carbocycles. The Balaban J connectivity index is 1.68. The minimum Gasteiger partial charge on any atom is -0.468 e. The van der Waals surface area contributed by atoms with Crippen molar-refractivity contribution < 1.29 is 13.9 Å². The summed E-state index contributed by atoms with van der Waals surface area (Å²) in [6, 6.07) is 22.0. The summed E-state index contributed by atoms with van der Waals surface area (Å²) < 4.78 is 22.8. The minimum atomic E-state index is -0.372. The fraction of sp³-hybridized carbons (Fsp3) is 0.172. The zero-order chi connectivity index (χ0) is 24.5. The van der Waals surface area contributed by atoms with Gasteiger partial charge in [0.1, 0.15) is 12.4 Å². The van der Waals surface area contributed by atoms with E-state index in [2.05, 4.69) is 0 Å². The molecule has 2 heterocycles. The maximum Gasteiger partial charge on any atom is 0.325 e. The van der Waals surface area contributed by atoms with Gasteiger partial charge in [-0.1, -0.05) is 48.5 Å². The summed E-state index contributed by atoms with van der Waals surface area (Å²) in [6.07, 6.45) is 2.38. The molecule has 0 saturated heterocycles. The summed E-state index contributed by atoms with van der Waals surface area (Å²) in [6.45, 7) is 2.42. The second kappa shape index (κ2) is 9.22. The molecule has 176 valence electrons. The van der Waals surface area contributed by atoms with Crippen molar-refractivity contribution in [2.45, 2.75) is 26.4 Å². The van der Waals surface area contributed by atoms with Gasteiger partial charge in [0.25, 0.3) is 5.56 Å². The molecule has 0 atom stereocenters. The molecule has 5 rings (SSSR count). The lowest BCUT2D eigenvalue weighted by Crippen LogP contribution is -2.21. The minimum absolute atomic E-state index is 0.0404. The number of esters is 1. The zero-order valence-electron chi connectivity index (χ0n) is 19.6. The van der Waals surface area contributed by atoms with Crippen molar-refractivity contribution in [1.29, 1.82) is 0 Å². The molecule has 0 fully saturated rings. The molecule has 0 spiro atoms. The standard InChI is InChI=1S/C29H25FN2O3/c1-19-25(26-15-22(30)12-13-27(26)32(19)18-28(33)35-2)14-21-17-31(16-20-8-4-3-5-9-20)29(34)24-11-7-6-10-23(21)24/h3-13,15,17H,14,16,18H2,1-2H3. The highest BCUT2D eigenvalue weighted by Crippen LogP contribution is 2.30. The lowest BCUT2D eigenvalue weighted by molar-refractivity contribution is -0.141. The van der Waals surface area contributed by atoms with Crippen molar-refractivity contribution in [3.63, 3.8) is 0 Å². The predicted molar refractivity (Wildman–Crippen MR) is 135 cm³/mol. The smallest absolute Gasteiger partial charge is 0.325 e. The third-order valence-electron chi connectivity index (χ3n) is 6.57. The Bertz CT molecular complexity index is 1620. The van der Waals surface area contributed by atoms with Crippen LogP contribution in [0.15, 0.2) is 83.8 Å². The van der Waals surface area contributed by atoms with Gasteiger partial charge in [-0.25, -0.2) is 4.39 Å². The molecule has 0 N–H and O–H groups in total. The average Bonchev–Trinajstić information content (AvgIpc) is 3.12. The van der Waals surface area contributed by atoms with E-state index in [-0.39, 0.29) is 23.9 Å². The number of nitrogens with zero attached hydrogens (tertiary/aromatic N) is 2. The van der Waals surface area contributed by atoms with Crippen LogP contribution >= 0.6 is 0 Å². The van der Waals surface area contributed by atoms with E-state index in [4.69, 9.17) is 4.74 Å². The van der Waals surface area contributed by atoms with Gasteiger partial charge < -0.3 is 13.9 Å². The van der Waals surface area contributed by atoms with Crippen molar-refractivity contribution in [1.82, 2.24) is 9.13 Å². The lowest BCUT2D eigenvalue weighted by Gasteiger charge is -2.13. The maximum atomic E-state index is 14.3. The first kappa shape index (κ1) is 22.6. The van der Waals surface area contributed by atoms with E-state index in [1.54, 1.807) is 10.6 Å². The first-order chi connectivity index (χ1) is 17.0. The number of hydrogen-bond donors (Lipinski definition) is 0. The van der Waals surface area contributed by atoms with Crippen molar-refractivity contribution in [3.05, 3.63) is 118 Å². The molecule has 0 aliphatic rings. The van der Waals surface area contributed by atoms with Gasteiger partial charge in [-0.3, -0.25) is 9.59 Å². The molecule has 35 heavy (non-hydrogen) atoms. The molecule has 0 bridgehead atoms. The Morgan fingerprint density at radius 3 is 2.40 bits per heavy atom. The van der Waals surface area contributed by atoms with E-state index in [1.165, 1.54) is 19.2 Å². The van der Waals surface area contributed by atoms with E-state index in [1.807, 2.05) is 72.3 Å². The molecule has 0 amide bonds. The summed E-state index contributed by atoms with van der Waals surface area (Å²) in [4.78, 5) is 25.4. The van der Waals surface area contributed by atoms with E-state index >= 15 is 0 Å². The van der Waals surface area contributed by atoms with E-state index < -0.39 is 0 Å². The second-order valence-corrected chi connectivity index (χ2v) is 8.68. The van der Waals surface area contributed by atoms with Crippen LogP contribution in [0.5, 0.6) is 0 Å². The van der Waals surface area contributed by atoms with Crippen LogP contribution in [0.3, 0.4) is 0 Å². The van der Waals surface area contributed by atoms with Crippen LogP contribution in [0.4, 0.5) is 4.39 Å². The van der Waals surface area contributed by atoms with Crippen LogP contribution in [-0.4, -0.2) is 22.2 Å². The van der Waals surface area contributed by atoms with Gasteiger partial charge >= 0.3 is 5.97 Å². The molecular formula is C29H25FN2O3. The van der Waals surface area contributed by atoms with E-state index in [9.17, 15) is 14.0 Å². The molecule has 2 aromatic heterocycles. The van der Waals surface area contributed by atoms with Crippen LogP contribution in [-0.2, 0) is 29.0 Å². The molecular weight excluding hydrogens is 443 g/mol. The molecule has 0 saturated carbocycles. The van der Waals surface area contributed by atoms with Gasteiger partial charge in [-0.05, 0) is 53.3 Å². The maximum absolute atomic E-state index is 14.3. The normalized spacial score (nSPS) is 11.3. The molecule has 0 radical (unpaired) electrons. The second-order valence-electron chi connectivity index (χ2n) is 8.68. The first-order valence-electron chi connectivity index (χ1n) is 11.5. The monoisotopic (exact) mass is 468 g/mol. The number of carbonyl (C=O) groups is 1. The number of ether oxygens (including phenoxy) is 1. The van der Waals surface area contributed by atoms with Gasteiger partial charge in [-0.15, -0.1) is 0 Å². The first-order valence-corrected chi connectivity index (χ1v) is 11.5.